The number of aliphatic hydroxyl groups is 1. The quantitative estimate of drug-likeness (QED) is 0.0222. The Kier molecular flexibility index (Phi) is 56.6. The predicted molar refractivity (Wildman–Crippen MR) is 349 cm³/mol. The highest BCUT2D eigenvalue weighted by Crippen LogP contribution is 2.45. The van der Waals surface area contributed by atoms with Gasteiger partial charge in [0, 0.05) is 25.7 Å². The molecule has 0 bridgehead atoms. The summed E-state index contributed by atoms with van der Waals surface area (Å²) < 4.78 is 68.2. The zero-order valence-corrected chi connectivity index (χ0v) is 58.4. The fourth-order valence-corrected chi connectivity index (χ4v) is 11.7. The summed E-state index contributed by atoms with van der Waals surface area (Å²) in [5.41, 5.74) is 0. The van der Waals surface area contributed by atoms with Gasteiger partial charge < -0.3 is 33.8 Å². The van der Waals surface area contributed by atoms with Crippen LogP contribution in [0.25, 0.3) is 0 Å². The highest BCUT2D eigenvalue weighted by atomic mass is 31.2. The average Bonchev–Trinajstić information content (AvgIpc) is 3.67. The van der Waals surface area contributed by atoms with E-state index in [4.69, 9.17) is 37.0 Å². The number of carbonyl (C=O) groups is 4. The van der Waals surface area contributed by atoms with Crippen LogP contribution in [0.15, 0.2) is 0 Å². The van der Waals surface area contributed by atoms with Crippen molar-refractivity contribution in [3.63, 3.8) is 0 Å². The zero-order chi connectivity index (χ0) is 64.7. The second-order valence-electron chi connectivity index (χ2n) is 26.2. The molecule has 87 heavy (non-hydrogen) atoms. The summed E-state index contributed by atoms with van der Waals surface area (Å²) in [5.74, 6) is 0.817. The number of carbonyl (C=O) groups excluding carboxylic acids is 4. The molecule has 0 rings (SSSR count). The summed E-state index contributed by atoms with van der Waals surface area (Å²) in [6.07, 6.45) is 39.0. The summed E-state index contributed by atoms with van der Waals surface area (Å²) in [7, 11) is -9.90. The standard InChI is InChI=1S/C68H132O17P2/c1-9-61(8)47-39-31-22-17-19-25-35-43-51-68(73)85-63(54-78-65(70)48-40-32-23-18-16-21-29-37-45-59(4)5)56-82-86(74,75)80-52-62(69)53-81-87(76,77)83-57-64(55-79-66(71)49-41-33-27-26-30-38-46-60(6)7)84-67(72)50-42-34-24-15-13-11-10-12-14-20-28-36-44-58(2)3/h58-64,69H,9-57H2,1-8H3,(H,74,75)(H,76,77)/t61?,62-,63-,64-/m1/s1. The molecule has 0 aliphatic heterocycles. The molecule has 0 saturated heterocycles. The van der Waals surface area contributed by atoms with E-state index < -0.39 is 97.5 Å². The monoisotopic (exact) mass is 1280 g/mol. The predicted octanol–water partition coefficient (Wildman–Crippen LogP) is 18.9. The lowest BCUT2D eigenvalue weighted by Gasteiger charge is -2.21. The van der Waals surface area contributed by atoms with E-state index >= 15 is 0 Å². The van der Waals surface area contributed by atoms with Gasteiger partial charge in [-0.1, -0.05) is 280 Å². The molecule has 0 radical (unpaired) electrons. The molecule has 0 aromatic carbocycles. The highest BCUT2D eigenvalue weighted by Gasteiger charge is 2.30. The van der Waals surface area contributed by atoms with E-state index in [9.17, 15) is 43.2 Å². The molecule has 19 heteroatoms. The molecule has 0 aliphatic rings. The molecule has 0 aromatic heterocycles. The second kappa shape index (κ2) is 57.9. The first-order valence-electron chi connectivity index (χ1n) is 35.2. The van der Waals surface area contributed by atoms with Crippen LogP contribution in [-0.4, -0.2) is 96.7 Å². The third-order valence-corrected chi connectivity index (χ3v) is 17.8. The van der Waals surface area contributed by atoms with Crippen LogP contribution in [0, 0.1) is 23.7 Å². The number of phosphoric ester groups is 2. The summed E-state index contributed by atoms with van der Waals surface area (Å²) >= 11 is 0. The summed E-state index contributed by atoms with van der Waals surface area (Å²) in [4.78, 5) is 72.4. The molecular formula is C68H132O17P2. The minimum Gasteiger partial charge on any atom is -0.462 e. The molecule has 0 aromatic rings. The van der Waals surface area contributed by atoms with Crippen molar-refractivity contribution in [2.24, 2.45) is 23.7 Å². The van der Waals surface area contributed by atoms with Crippen molar-refractivity contribution in [1.29, 1.82) is 0 Å². The first-order chi connectivity index (χ1) is 41.6. The van der Waals surface area contributed by atoms with Gasteiger partial charge in [-0.05, 0) is 49.4 Å². The SMILES string of the molecule is CCC(C)CCCCCCCCCCC(=O)O[C@H](COC(=O)CCCCCCCCCCC(C)C)COP(=O)(O)OC[C@@H](O)COP(=O)(O)OC[C@@H](COC(=O)CCCCCCCCC(C)C)OC(=O)CCCCCCCCCCCCCCC(C)C. The normalized spacial score (nSPS) is 14.6. The lowest BCUT2D eigenvalue weighted by molar-refractivity contribution is -0.161. The van der Waals surface area contributed by atoms with Gasteiger partial charge in [0.15, 0.2) is 12.2 Å². The maximum Gasteiger partial charge on any atom is 0.472 e. The number of hydrogen-bond donors (Lipinski definition) is 3. The van der Waals surface area contributed by atoms with Gasteiger partial charge in [-0.2, -0.15) is 0 Å². The van der Waals surface area contributed by atoms with Crippen LogP contribution >= 0.6 is 15.6 Å². The van der Waals surface area contributed by atoms with E-state index in [1.54, 1.807) is 0 Å². The fourth-order valence-electron chi connectivity index (χ4n) is 10.1. The summed E-state index contributed by atoms with van der Waals surface area (Å²) in [5, 5.41) is 10.6. The zero-order valence-electron chi connectivity index (χ0n) is 56.6. The molecule has 6 atom stereocenters. The molecular weight excluding hydrogens is 1150 g/mol. The Morgan fingerprint density at radius 2 is 0.552 bits per heavy atom. The fraction of sp³-hybridized carbons (Fsp3) is 0.941. The van der Waals surface area contributed by atoms with Crippen LogP contribution in [0.5, 0.6) is 0 Å². The van der Waals surface area contributed by atoms with E-state index in [2.05, 4.69) is 55.4 Å². The molecule has 0 amide bonds. The van der Waals surface area contributed by atoms with Crippen LogP contribution in [0.3, 0.4) is 0 Å². The van der Waals surface area contributed by atoms with Crippen LogP contribution < -0.4 is 0 Å². The smallest absolute Gasteiger partial charge is 0.462 e. The van der Waals surface area contributed by atoms with Crippen LogP contribution in [0.1, 0.15) is 331 Å². The minimum atomic E-state index is -4.95. The Hall–Kier alpha value is -1.94. The van der Waals surface area contributed by atoms with E-state index in [1.807, 2.05) is 0 Å². The van der Waals surface area contributed by atoms with Crippen molar-refractivity contribution in [1.82, 2.24) is 0 Å². The first-order valence-corrected chi connectivity index (χ1v) is 38.2. The Labute approximate surface area is 530 Å². The van der Waals surface area contributed by atoms with Gasteiger partial charge in [0.05, 0.1) is 26.4 Å². The molecule has 0 fully saturated rings. The molecule has 0 heterocycles. The third kappa shape index (κ3) is 61.3. The molecule has 516 valence electrons. The maximum absolute atomic E-state index is 13.0. The van der Waals surface area contributed by atoms with Gasteiger partial charge in [-0.25, -0.2) is 9.13 Å². The van der Waals surface area contributed by atoms with E-state index in [-0.39, 0.29) is 25.7 Å². The van der Waals surface area contributed by atoms with Crippen molar-refractivity contribution >= 4 is 39.5 Å². The van der Waals surface area contributed by atoms with Gasteiger partial charge in [0.2, 0.25) is 0 Å². The molecule has 0 saturated carbocycles. The van der Waals surface area contributed by atoms with Crippen molar-refractivity contribution in [2.45, 2.75) is 350 Å². The van der Waals surface area contributed by atoms with Gasteiger partial charge in [-0.15, -0.1) is 0 Å². The van der Waals surface area contributed by atoms with Crippen molar-refractivity contribution < 1.29 is 80.2 Å². The number of esters is 4. The van der Waals surface area contributed by atoms with Crippen molar-refractivity contribution in [2.75, 3.05) is 39.6 Å². The maximum atomic E-state index is 13.0. The number of ether oxygens (including phenoxy) is 4. The Bertz CT molecular complexity index is 1730. The Morgan fingerprint density at radius 1 is 0.322 bits per heavy atom. The number of rotatable bonds is 65. The molecule has 17 nitrogen and oxygen atoms in total. The van der Waals surface area contributed by atoms with Gasteiger partial charge in [-0.3, -0.25) is 37.3 Å². The minimum absolute atomic E-state index is 0.104. The second-order valence-corrected chi connectivity index (χ2v) is 29.1. The Balaban J connectivity index is 5.25. The van der Waals surface area contributed by atoms with E-state index in [0.717, 1.165) is 114 Å². The van der Waals surface area contributed by atoms with Gasteiger partial charge >= 0.3 is 39.5 Å². The number of unbranched alkanes of at least 4 members (excludes halogenated alkanes) is 30. The third-order valence-electron chi connectivity index (χ3n) is 15.9. The number of hydrogen-bond acceptors (Lipinski definition) is 15. The lowest BCUT2D eigenvalue weighted by atomic mass is 9.99. The summed E-state index contributed by atoms with van der Waals surface area (Å²) in [6.45, 7) is 14.0. The van der Waals surface area contributed by atoms with Crippen molar-refractivity contribution in [3.8, 4) is 0 Å². The molecule has 0 aliphatic carbocycles. The average molecular weight is 1280 g/mol. The van der Waals surface area contributed by atoms with Gasteiger partial charge in [0.25, 0.3) is 0 Å². The highest BCUT2D eigenvalue weighted by molar-refractivity contribution is 7.47. The lowest BCUT2D eigenvalue weighted by Crippen LogP contribution is -2.30. The Morgan fingerprint density at radius 3 is 0.816 bits per heavy atom. The van der Waals surface area contributed by atoms with E-state index in [0.29, 0.717) is 31.6 Å². The van der Waals surface area contributed by atoms with E-state index in [1.165, 1.54) is 128 Å². The first kappa shape index (κ1) is 85.1. The molecule has 3 N–H and O–H groups in total. The van der Waals surface area contributed by atoms with Gasteiger partial charge in [0.1, 0.15) is 19.3 Å². The van der Waals surface area contributed by atoms with Crippen molar-refractivity contribution in [3.05, 3.63) is 0 Å². The molecule has 0 spiro atoms. The van der Waals surface area contributed by atoms with Crippen LogP contribution in [0.2, 0.25) is 0 Å². The molecule has 3 unspecified atom stereocenters. The topological polar surface area (TPSA) is 237 Å². The number of aliphatic hydroxyl groups excluding tert-OH is 1. The summed E-state index contributed by atoms with van der Waals surface area (Å²) in [6, 6.07) is 0. The van der Waals surface area contributed by atoms with Crippen LogP contribution in [-0.2, 0) is 65.4 Å². The number of phosphoric acid groups is 2. The largest absolute Gasteiger partial charge is 0.472 e. The van der Waals surface area contributed by atoms with Crippen LogP contribution in [0.4, 0.5) is 0 Å².